The van der Waals surface area contributed by atoms with Gasteiger partial charge in [0.05, 0.1) is 16.8 Å². The molecule has 0 bridgehead atoms. The molecule has 5 aromatic carbocycles. The highest BCUT2D eigenvalue weighted by Crippen LogP contribution is 2.46. The first-order valence-electron chi connectivity index (χ1n) is 12.9. The molecule has 3 nitrogen and oxygen atoms in total. The van der Waals surface area contributed by atoms with Crippen molar-refractivity contribution in [1.82, 2.24) is 0 Å². The van der Waals surface area contributed by atoms with Crippen molar-refractivity contribution in [3.8, 4) is 22.3 Å². The lowest BCUT2D eigenvalue weighted by Gasteiger charge is -2.16. The van der Waals surface area contributed by atoms with Gasteiger partial charge in [-0.3, -0.25) is 9.59 Å². The van der Waals surface area contributed by atoms with E-state index in [9.17, 15) is 9.59 Å². The van der Waals surface area contributed by atoms with E-state index >= 15 is 0 Å². The van der Waals surface area contributed by atoms with Gasteiger partial charge in [0.1, 0.15) is 0 Å². The SMILES string of the molecule is CCCCc1ccc(N2C(=O)c3c(c(-c4ccccc4)c4ccccc4c3-c3ccccc3)C2=O)cc1. The van der Waals surface area contributed by atoms with Crippen molar-refractivity contribution in [3.63, 3.8) is 0 Å². The van der Waals surface area contributed by atoms with Gasteiger partial charge in [0, 0.05) is 11.1 Å². The van der Waals surface area contributed by atoms with Crippen LogP contribution >= 0.6 is 0 Å². The summed E-state index contributed by atoms with van der Waals surface area (Å²) in [7, 11) is 0. The van der Waals surface area contributed by atoms with Crippen LogP contribution in [0.2, 0.25) is 0 Å². The fourth-order valence-electron chi connectivity index (χ4n) is 5.42. The zero-order valence-corrected chi connectivity index (χ0v) is 20.8. The quantitative estimate of drug-likeness (QED) is 0.229. The van der Waals surface area contributed by atoms with Gasteiger partial charge in [-0.2, -0.15) is 0 Å². The van der Waals surface area contributed by atoms with Crippen molar-refractivity contribution in [2.24, 2.45) is 0 Å². The zero-order valence-electron chi connectivity index (χ0n) is 20.8. The number of hydrogen-bond donors (Lipinski definition) is 0. The van der Waals surface area contributed by atoms with Gasteiger partial charge in [0.15, 0.2) is 0 Å². The first kappa shape index (κ1) is 22.9. The van der Waals surface area contributed by atoms with Crippen LogP contribution in [0.3, 0.4) is 0 Å². The molecule has 3 heteroatoms. The second-order valence-electron chi connectivity index (χ2n) is 9.49. The summed E-state index contributed by atoms with van der Waals surface area (Å²) < 4.78 is 0. The molecule has 0 N–H and O–H groups in total. The van der Waals surface area contributed by atoms with Crippen LogP contribution in [0.5, 0.6) is 0 Å². The second-order valence-corrected chi connectivity index (χ2v) is 9.49. The fraction of sp³-hybridized carbons (Fsp3) is 0.118. The third-order valence-corrected chi connectivity index (χ3v) is 7.19. The monoisotopic (exact) mass is 481 g/mol. The van der Waals surface area contributed by atoms with Gasteiger partial charge < -0.3 is 0 Å². The number of anilines is 1. The number of rotatable bonds is 6. The molecular weight excluding hydrogens is 454 g/mol. The molecule has 180 valence electrons. The Kier molecular flexibility index (Phi) is 5.90. The lowest BCUT2D eigenvalue weighted by Crippen LogP contribution is -2.29. The third kappa shape index (κ3) is 3.84. The van der Waals surface area contributed by atoms with E-state index in [4.69, 9.17) is 0 Å². The van der Waals surface area contributed by atoms with E-state index in [1.54, 1.807) is 0 Å². The molecule has 0 saturated heterocycles. The van der Waals surface area contributed by atoms with Crippen LogP contribution in [0.15, 0.2) is 109 Å². The van der Waals surface area contributed by atoms with Crippen LogP contribution in [0.1, 0.15) is 46.0 Å². The maximum atomic E-state index is 14.2. The molecule has 0 atom stereocenters. The molecule has 0 aromatic heterocycles. The van der Waals surface area contributed by atoms with Crippen LogP contribution in [0.25, 0.3) is 33.0 Å². The Labute approximate surface area is 217 Å². The Bertz CT molecular complexity index is 1520. The van der Waals surface area contributed by atoms with E-state index in [1.807, 2.05) is 109 Å². The number of imide groups is 1. The molecule has 6 rings (SSSR count). The standard InChI is InChI=1S/C34H27NO2/c1-2-3-12-23-19-21-26(22-20-23)35-33(36)31-29(24-13-6-4-7-14-24)27-17-10-11-18-28(27)30(32(31)34(35)37)25-15-8-5-9-16-25/h4-11,13-22H,2-3,12H2,1H3. The molecule has 2 amide bonds. The molecule has 0 aliphatic carbocycles. The average molecular weight is 482 g/mol. The van der Waals surface area contributed by atoms with Gasteiger partial charge in [0.2, 0.25) is 0 Å². The van der Waals surface area contributed by atoms with Crippen molar-refractivity contribution >= 4 is 28.3 Å². The smallest absolute Gasteiger partial charge is 0.266 e. The van der Waals surface area contributed by atoms with E-state index in [2.05, 4.69) is 6.92 Å². The minimum Gasteiger partial charge on any atom is -0.268 e. The maximum Gasteiger partial charge on any atom is 0.266 e. The molecule has 1 aliphatic rings. The van der Waals surface area contributed by atoms with Gasteiger partial charge >= 0.3 is 0 Å². The highest BCUT2D eigenvalue weighted by molar-refractivity contribution is 6.40. The summed E-state index contributed by atoms with van der Waals surface area (Å²) in [4.78, 5) is 29.7. The van der Waals surface area contributed by atoms with Crippen LogP contribution in [0, 0.1) is 0 Å². The Morgan fingerprint density at radius 1 is 0.541 bits per heavy atom. The van der Waals surface area contributed by atoms with Gasteiger partial charge in [-0.25, -0.2) is 4.90 Å². The number of hydrogen-bond acceptors (Lipinski definition) is 2. The third-order valence-electron chi connectivity index (χ3n) is 7.19. The predicted molar refractivity (Wildman–Crippen MR) is 151 cm³/mol. The van der Waals surface area contributed by atoms with E-state index in [-0.39, 0.29) is 11.8 Å². The molecule has 0 fully saturated rings. The minimum absolute atomic E-state index is 0.275. The van der Waals surface area contributed by atoms with Crippen molar-refractivity contribution in [2.75, 3.05) is 4.90 Å². The fourth-order valence-corrected chi connectivity index (χ4v) is 5.42. The number of nitrogens with zero attached hydrogens (tertiary/aromatic N) is 1. The summed E-state index contributed by atoms with van der Waals surface area (Å²) >= 11 is 0. The largest absolute Gasteiger partial charge is 0.268 e. The number of carbonyl (C=O) groups excluding carboxylic acids is 2. The van der Waals surface area contributed by atoms with Crippen LogP contribution in [-0.4, -0.2) is 11.8 Å². The Morgan fingerprint density at radius 3 is 1.46 bits per heavy atom. The first-order valence-corrected chi connectivity index (χ1v) is 12.9. The van der Waals surface area contributed by atoms with E-state index in [1.165, 1.54) is 10.5 Å². The lowest BCUT2D eigenvalue weighted by atomic mass is 9.84. The molecule has 0 unspecified atom stereocenters. The zero-order chi connectivity index (χ0) is 25.4. The average Bonchev–Trinajstić information content (AvgIpc) is 3.21. The number of aryl methyl sites for hydroxylation is 1. The van der Waals surface area contributed by atoms with Crippen molar-refractivity contribution < 1.29 is 9.59 Å². The van der Waals surface area contributed by atoms with Crippen LogP contribution in [-0.2, 0) is 6.42 Å². The van der Waals surface area contributed by atoms with E-state index < -0.39 is 0 Å². The summed E-state index contributed by atoms with van der Waals surface area (Å²) in [5.74, 6) is -0.550. The number of fused-ring (bicyclic) bond motifs is 2. The minimum atomic E-state index is -0.275. The van der Waals surface area contributed by atoms with Crippen molar-refractivity contribution in [3.05, 3.63) is 126 Å². The molecule has 0 spiro atoms. The van der Waals surface area contributed by atoms with Crippen LogP contribution in [0.4, 0.5) is 5.69 Å². The van der Waals surface area contributed by atoms with Crippen molar-refractivity contribution in [1.29, 1.82) is 0 Å². The first-order chi connectivity index (χ1) is 18.2. The second kappa shape index (κ2) is 9.51. The Hall–Kier alpha value is -4.50. The predicted octanol–water partition coefficient (Wildman–Crippen LogP) is 8.32. The summed E-state index contributed by atoms with van der Waals surface area (Å²) in [5, 5.41) is 1.92. The summed E-state index contributed by atoms with van der Waals surface area (Å²) in [5.41, 5.74) is 6.24. The number of carbonyl (C=O) groups is 2. The maximum absolute atomic E-state index is 14.2. The molecule has 0 saturated carbocycles. The van der Waals surface area contributed by atoms with Gasteiger partial charge in [-0.05, 0) is 52.4 Å². The van der Waals surface area contributed by atoms with E-state index in [0.717, 1.165) is 52.3 Å². The van der Waals surface area contributed by atoms with Crippen LogP contribution < -0.4 is 4.90 Å². The number of amides is 2. The van der Waals surface area contributed by atoms with E-state index in [0.29, 0.717) is 16.8 Å². The van der Waals surface area contributed by atoms with Gasteiger partial charge in [-0.1, -0.05) is 110 Å². The molecule has 1 aliphatic heterocycles. The topological polar surface area (TPSA) is 37.4 Å². The summed E-state index contributed by atoms with van der Waals surface area (Å²) in [6.45, 7) is 2.17. The number of benzene rings is 5. The molecule has 5 aromatic rings. The Balaban J connectivity index is 1.63. The highest BCUT2D eigenvalue weighted by atomic mass is 16.2. The van der Waals surface area contributed by atoms with Crippen molar-refractivity contribution in [2.45, 2.75) is 26.2 Å². The summed E-state index contributed by atoms with van der Waals surface area (Å²) in [6, 6.07) is 35.8. The molecule has 1 heterocycles. The summed E-state index contributed by atoms with van der Waals surface area (Å²) in [6.07, 6.45) is 3.22. The van der Waals surface area contributed by atoms with Gasteiger partial charge in [-0.15, -0.1) is 0 Å². The molecule has 0 radical (unpaired) electrons. The van der Waals surface area contributed by atoms with Gasteiger partial charge in [0.25, 0.3) is 11.8 Å². The normalized spacial score (nSPS) is 12.8. The Morgan fingerprint density at radius 2 is 1.00 bits per heavy atom. The molecular formula is C34H27NO2. The lowest BCUT2D eigenvalue weighted by molar-refractivity contribution is 0.0926. The highest BCUT2D eigenvalue weighted by Gasteiger charge is 2.42. The molecule has 37 heavy (non-hydrogen) atoms. The number of unbranched alkanes of at least 4 members (excludes halogenated alkanes) is 1.